The van der Waals surface area contributed by atoms with E-state index in [4.69, 9.17) is 4.74 Å². The predicted molar refractivity (Wildman–Crippen MR) is 71.7 cm³/mol. The number of halogens is 1. The summed E-state index contributed by atoms with van der Waals surface area (Å²) in [5.41, 5.74) is 1.20. The number of nitrogens with one attached hydrogen (secondary N) is 2. The van der Waals surface area contributed by atoms with Crippen molar-refractivity contribution in [1.82, 2.24) is 10.3 Å². The number of carbonyl (C=O) groups excluding carboxylic acids is 1. The fourth-order valence-electron chi connectivity index (χ4n) is 1.95. The molecule has 1 aromatic heterocycles. The van der Waals surface area contributed by atoms with Crippen LogP contribution in [0.25, 0.3) is 10.9 Å². The van der Waals surface area contributed by atoms with Crippen molar-refractivity contribution in [1.29, 1.82) is 0 Å². The van der Waals surface area contributed by atoms with E-state index in [2.05, 4.69) is 10.3 Å². The normalized spacial score (nSPS) is 12.6. The molecule has 2 aromatic rings. The molecule has 0 saturated carbocycles. The molecule has 4 nitrogen and oxygen atoms in total. The molecule has 0 aliphatic heterocycles. The number of amides is 1. The maximum atomic E-state index is 13.2. The summed E-state index contributed by atoms with van der Waals surface area (Å²) < 4.78 is 18.2. The molecule has 0 radical (unpaired) electrons. The number of methoxy groups -OCH3 is 1. The quantitative estimate of drug-likeness (QED) is 0.871. The second-order valence-corrected chi connectivity index (χ2v) is 4.55. The number of H-pyrrole nitrogens is 1. The first-order valence-electron chi connectivity index (χ1n) is 6.18. The van der Waals surface area contributed by atoms with Gasteiger partial charge in [-0.05, 0) is 31.5 Å². The zero-order valence-electron chi connectivity index (χ0n) is 11.0. The van der Waals surface area contributed by atoms with Crippen molar-refractivity contribution in [2.24, 2.45) is 0 Å². The van der Waals surface area contributed by atoms with Gasteiger partial charge in [0.25, 0.3) is 5.91 Å². The summed E-state index contributed by atoms with van der Waals surface area (Å²) in [5, 5.41) is 3.46. The fraction of sp³-hybridized carbons (Fsp3) is 0.357. The highest BCUT2D eigenvalue weighted by atomic mass is 19.1. The molecule has 1 heterocycles. The van der Waals surface area contributed by atoms with Crippen LogP contribution in [0.3, 0.4) is 0 Å². The topological polar surface area (TPSA) is 54.1 Å². The summed E-state index contributed by atoms with van der Waals surface area (Å²) >= 11 is 0. The lowest BCUT2D eigenvalue weighted by Gasteiger charge is -2.12. The van der Waals surface area contributed by atoms with Gasteiger partial charge in [0.15, 0.2) is 0 Å². The molecule has 0 spiro atoms. The van der Waals surface area contributed by atoms with Crippen LogP contribution < -0.4 is 5.32 Å². The number of fused-ring (bicyclic) bond motifs is 1. The summed E-state index contributed by atoms with van der Waals surface area (Å²) in [6, 6.07) is 4.35. The minimum absolute atomic E-state index is 0.00552. The van der Waals surface area contributed by atoms with Crippen LogP contribution in [0.2, 0.25) is 0 Å². The summed E-state index contributed by atoms with van der Waals surface area (Å²) in [6.07, 6.45) is 2.33. The molecule has 1 amide bonds. The zero-order valence-corrected chi connectivity index (χ0v) is 11.0. The van der Waals surface area contributed by atoms with Gasteiger partial charge in [0, 0.05) is 36.9 Å². The Morgan fingerprint density at radius 3 is 3.05 bits per heavy atom. The third-order valence-electron chi connectivity index (χ3n) is 3.02. The second kappa shape index (κ2) is 5.84. The lowest BCUT2D eigenvalue weighted by molar-refractivity contribution is 0.0931. The van der Waals surface area contributed by atoms with Crippen molar-refractivity contribution >= 4 is 16.8 Å². The Hall–Kier alpha value is -1.88. The molecule has 0 saturated heterocycles. The molecule has 19 heavy (non-hydrogen) atoms. The van der Waals surface area contributed by atoms with Crippen LogP contribution in [-0.4, -0.2) is 30.6 Å². The molecular formula is C14H17FN2O2. The van der Waals surface area contributed by atoms with E-state index in [0.29, 0.717) is 17.6 Å². The van der Waals surface area contributed by atoms with E-state index in [0.717, 1.165) is 11.9 Å². The number of hydrogen-bond acceptors (Lipinski definition) is 2. The van der Waals surface area contributed by atoms with Gasteiger partial charge in [-0.1, -0.05) is 0 Å². The number of hydrogen-bond donors (Lipinski definition) is 2. The third-order valence-corrected chi connectivity index (χ3v) is 3.02. The monoisotopic (exact) mass is 264 g/mol. The first kappa shape index (κ1) is 13.5. The van der Waals surface area contributed by atoms with E-state index >= 15 is 0 Å². The minimum Gasteiger partial charge on any atom is -0.385 e. The van der Waals surface area contributed by atoms with Crippen LogP contribution in [0.15, 0.2) is 24.4 Å². The number of carbonyl (C=O) groups is 1. The molecule has 5 heteroatoms. The first-order chi connectivity index (χ1) is 9.11. The lowest BCUT2D eigenvalue weighted by atomic mass is 10.1. The largest absolute Gasteiger partial charge is 0.385 e. The summed E-state index contributed by atoms with van der Waals surface area (Å²) in [5.74, 6) is -0.561. The van der Waals surface area contributed by atoms with Crippen molar-refractivity contribution in [3.8, 4) is 0 Å². The Morgan fingerprint density at radius 1 is 1.53 bits per heavy atom. The summed E-state index contributed by atoms with van der Waals surface area (Å²) in [7, 11) is 1.62. The van der Waals surface area contributed by atoms with E-state index < -0.39 is 0 Å². The number of rotatable bonds is 5. The van der Waals surface area contributed by atoms with Crippen LogP contribution in [0.4, 0.5) is 4.39 Å². The average Bonchev–Trinajstić information content (AvgIpc) is 2.79. The van der Waals surface area contributed by atoms with Crippen LogP contribution in [0.5, 0.6) is 0 Å². The van der Waals surface area contributed by atoms with Crippen molar-refractivity contribution in [3.05, 3.63) is 35.8 Å². The van der Waals surface area contributed by atoms with Gasteiger partial charge in [-0.2, -0.15) is 0 Å². The molecule has 0 unspecified atom stereocenters. The summed E-state index contributed by atoms with van der Waals surface area (Å²) in [6.45, 7) is 2.50. The van der Waals surface area contributed by atoms with Gasteiger partial charge in [0.2, 0.25) is 0 Å². The maximum absolute atomic E-state index is 13.2. The van der Waals surface area contributed by atoms with Gasteiger partial charge >= 0.3 is 0 Å². The SMILES string of the molecule is COCC[C@H](C)NC(=O)c1c[nH]c2ccc(F)cc12. The molecular weight excluding hydrogens is 247 g/mol. The third kappa shape index (κ3) is 3.12. The molecule has 0 aliphatic carbocycles. The van der Waals surface area contributed by atoms with Crippen molar-refractivity contribution in [3.63, 3.8) is 0 Å². The van der Waals surface area contributed by atoms with Gasteiger partial charge in [0.1, 0.15) is 5.82 Å². The maximum Gasteiger partial charge on any atom is 0.253 e. The minimum atomic E-state index is -0.353. The van der Waals surface area contributed by atoms with E-state index in [1.165, 1.54) is 12.1 Å². The Labute approximate surface area is 111 Å². The lowest BCUT2D eigenvalue weighted by Crippen LogP contribution is -2.33. The van der Waals surface area contributed by atoms with Gasteiger partial charge in [0.05, 0.1) is 5.56 Å². The number of benzene rings is 1. The molecule has 2 rings (SSSR count). The average molecular weight is 264 g/mol. The molecule has 0 aliphatic rings. The van der Waals surface area contributed by atoms with Crippen molar-refractivity contribution in [2.75, 3.05) is 13.7 Å². The Balaban J connectivity index is 2.15. The highest BCUT2D eigenvalue weighted by molar-refractivity contribution is 6.06. The molecule has 102 valence electrons. The number of aromatic nitrogens is 1. The van der Waals surface area contributed by atoms with E-state index in [1.807, 2.05) is 6.92 Å². The Bertz CT molecular complexity index is 580. The second-order valence-electron chi connectivity index (χ2n) is 4.55. The first-order valence-corrected chi connectivity index (χ1v) is 6.18. The molecule has 1 atom stereocenters. The van der Waals surface area contributed by atoms with E-state index in [9.17, 15) is 9.18 Å². The standard InChI is InChI=1S/C14H17FN2O2/c1-9(5-6-19-2)17-14(18)12-8-16-13-4-3-10(15)7-11(12)13/h3-4,7-9,16H,5-6H2,1-2H3,(H,17,18)/t9-/m0/s1. The fourth-order valence-corrected chi connectivity index (χ4v) is 1.95. The summed E-state index contributed by atoms with van der Waals surface area (Å²) in [4.78, 5) is 15.1. The van der Waals surface area contributed by atoms with Gasteiger partial charge < -0.3 is 15.0 Å². The Kier molecular flexibility index (Phi) is 4.16. The highest BCUT2D eigenvalue weighted by Gasteiger charge is 2.14. The van der Waals surface area contributed by atoms with Gasteiger partial charge in [-0.15, -0.1) is 0 Å². The van der Waals surface area contributed by atoms with Crippen LogP contribution >= 0.6 is 0 Å². The van der Waals surface area contributed by atoms with Crippen molar-refractivity contribution < 1.29 is 13.9 Å². The molecule has 2 N–H and O–H groups in total. The van der Waals surface area contributed by atoms with Crippen molar-refractivity contribution in [2.45, 2.75) is 19.4 Å². The van der Waals surface area contributed by atoms with Gasteiger partial charge in [-0.25, -0.2) is 4.39 Å². The Morgan fingerprint density at radius 2 is 2.32 bits per heavy atom. The smallest absolute Gasteiger partial charge is 0.253 e. The van der Waals surface area contributed by atoms with Crippen LogP contribution in [0, 0.1) is 5.82 Å². The van der Waals surface area contributed by atoms with Crippen LogP contribution in [-0.2, 0) is 4.74 Å². The predicted octanol–water partition coefficient (Wildman–Crippen LogP) is 2.46. The number of ether oxygens (including phenoxy) is 1. The van der Waals surface area contributed by atoms with Gasteiger partial charge in [-0.3, -0.25) is 4.79 Å². The molecule has 0 fully saturated rings. The van der Waals surface area contributed by atoms with E-state index in [1.54, 1.807) is 19.4 Å². The zero-order chi connectivity index (χ0) is 13.8. The molecule has 1 aromatic carbocycles. The highest BCUT2D eigenvalue weighted by Crippen LogP contribution is 2.19. The van der Waals surface area contributed by atoms with Crippen LogP contribution in [0.1, 0.15) is 23.7 Å². The van der Waals surface area contributed by atoms with E-state index in [-0.39, 0.29) is 17.8 Å². The number of aromatic amines is 1. The molecule has 0 bridgehead atoms.